The topological polar surface area (TPSA) is 52.6 Å². The van der Waals surface area contributed by atoms with Crippen molar-refractivity contribution in [3.63, 3.8) is 0 Å². The van der Waals surface area contributed by atoms with Crippen molar-refractivity contribution < 1.29 is 10.0 Å². The van der Waals surface area contributed by atoms with Crippen LogP contribution in [0.25, 0.3) is 6.08 Å². The standard InChI is InChI=1S/C21H30N2O2/c24-21(22-25)13-10-18-8-11-19(12-9-18)20-7-4-15-23(20)16-14-17-5-2-1-3-6-17/h8-13,17,20,25H,1-7,14-16H2,(H,22,24)/b13-10+/t20-/m0/s1. The number of carbonyl (C=O) groups is 1. The molecule has 1 saturated carbocycles. The summed E-state index contributed by atoms with van der Waals surface area (Å²) in [5.74, 6) is 0.439. The highest BCUT2D eigenvalue weighted by Gasteiger charge is 2.26. The molecule has 0 aromatic heterocycles. The number of nitrogens with zero attached hydrogens (tertiary/aromatic N) is 1. The molecule has 1 aliphatic heterocycles. The number of hydrogen-bond acceptors (Lipinski definition) is 3. The van der Waals surface area contributed by atoms with E-state index in [1.165, 1.54) is 76.1 Å². The number of amides is 1. The Kier molecular flexibility index (Phi) is 6.65. The maximum atomic E-state index is 11.1. The zero-order valence-electron chi connectivity index (χ0n) is 15.0. The van der Waals surface area contributed by atoms with E-state index in [4.69, 9.17) is 5.21 Å². The summed E-state index contributed by atoms with van der Waals surface area (Å²) in [7, 11) is 0. The van der Waals surface area contributed by atoms with Crippen LogP contribution >= 0.6 is 0 Å². The summed E-state index contributed by atoms with van der Waals surface area (Å²) in [6, 6.07) is 9.00. The van der Waals surface area contributed by atoms with E-state index in [0.29, 0.717) is 6.04 Å². The molecule has 0 bridgehead atoms. The Morgan fingerprint density at radius 3 is 2.60 bits per heavy atom. The fourth-order valence-corrected chi connectivity index (χ4v) is 4.33. The summed E-state index contributed by atoms with van der Waals surface area (Å²) in [4.78, 5) is 13.7. The molecule has 1 heterocycles. The Bertz CT molecular complexity index is 576. The summed E-state index contributed by atoms with van der Waals surface area (Å²) >= 11 is 0. The predicted molar refractivity (Wildman–Crippen MR) is 100 cm³/mol. The highest BCUT2D eigenvalue weighted by atomic mass is 16.5. The number of carbonyl (C=O) groups excluding carboxylic acids is 1. The Balaban J connectivity index is 1.56. The monoisotopic (exact) mass is 342 g/mol. The van der Waals surface area contributed by atoms with Gasteiger partial charge in [-0.05, 0) is 55.5 Å². The average Bonchev–Trinajstić information content (AvgIpc) is 3.14. The van der Waals surface area contributed by atoms with Crippen LogP contribution in [0, 0.1) is 5.92 Å². The maximum Gasteiger partial charge on any atom is 0.267 e. The zero-order valence-corrected chi connectivity index (χ0v) is 15.0. The molecule has 136 valence electrons. The quantitative estimate of drug-likeness (QED) is 0.460. The molecule has 2 fully saturated rings. The molecule has 1 saturated heterocycles. The van der Waals surface area contributed by atoms with Gasteiger partial charge in [0.05, 0.1) is 0 Å². The van der Waals surface area contributed by atoms with Crippen molar-refractivity contribution in [2.75, 3.05) is 13.1 Å². The van der Waals surface area contributed by atoms with Crippen molar-refractivity contribution in [3.8, 4) is 0 Å². The lowest BCUT2D eigenvalue weighted by Crippen LogP contribution is -2.26. The summed E-state index contributed by atoms with van der Waals surface area (Å²) in [5, 5.41) is 8.52. The van der Waals surface area contributed by atoms with Crippen LogP contribution in [-0.4, -0.2) is 29.1 Å². The lowest BCUT2D eigenvalue weighted by molar-refractivity contribution is -0.124. The number of hydroxylamine groups is 1. The van der Waals surface area contributed by atoms with Crippen molar-refractivity contribution in [1.29, 1.82) is 0 Å². The van der Waals surface area contributed by atoms with Crippen LogP contribution in [0.5, 0.6) is 0 Å². The number of rotatable bonds is 6. The van der Waals surface area contributed by atoms with Crippen molar-refractivity contribution in [2.45, 2.75) is 57.4 Å². The van der Waals surface area contributed by atoms with Gasteiger partial charge in [0.1, 0.15) is 0 Å². The molecule has 1 amide bonds. The fraction of sp³-hybridized carbons (Fsp3) is 0.571. The van der Waals surface area contributed by atoms with Crippen LogP contribution in [0.3, 0.4) is 0 Å². The van der Waals surface area contributed by atoms with E-state index in [2.05, 4.69) is 17.0 Å². The molecule has 0 spiro atoms. The van der Waals surface area contributed by atoms with E-state index in [0.717, 1.165) is 11.5 Å². The molecule has 4 nitrogen and oxygen atoms in total. The molecule has 25 heavy (non-hydrogen) atoms. The molecule has 2 aliphatic rings. The largest absolute Gasteiger partial charge is 0.296 e. The van der Waals surface area contributed by atoms with E-state index in [9.17, 15) is 4.79 Å². The van der Waals surface area contributed by atoms with Gasteiger partial charge in [-0.2, -0.15) is 0 Å². The lowest BCUT2D eigenvalue weighted by Gasteiger charge is -2.28. The van der Waals surface area contributed by atoms with Gasteiger partial charge in [0.2, 0.25) is 0 Å². The van der Waals surface area contributed by atoms with Gasteiger partial charge in [-0.25, -0.2) is 5.48 Å². The molecule has 0 radical (unpaired) electrons. The normalized spacial score (nSPS) is 22.5. The predicted octanol–water partition coefficient (Wildman–Crippen LogP) is 4.31. The van der Waals surface area contributed by atoms with Gasteiger partial charge < -0.3 is 0 Å². The van der Waals surface area contributed by atoms with Gasteiger partial charge in [0, 0.05) is 12.1 Å². The van der Waals surface area contributed by atoms with Crippen LogP contribution in [0.1, 0.15) is 68.5 Å². The molecule has 1 aliphatic carbocycles. The Morgan fingerprint density at radius 1 is 1.12 bits per heavy atom. The average molecular weight is 342 g/mol. The van der Waals surface area contributed by atoms with Gasteiger partial charge in [0.15, 0.2) is 0 Å². The van der Waals surface area contributed by atoms with Crippen LogP contribution < -0.4 is 5.48 Å². The second-order valence-electron chi connectivity index (χ2n) is 7.46. The molecule has 2 N–H and O–H groups in total. The summed E-state index contributed by atoms with van der Waals surface area (Å²) in [6.07, 6.45) is 14.1. The molecular weight excluding hydrogens is 312 g/mol. The zero-order chi connectivity index (χ0) is 17.5. The minimum absolute atomic E-state index is 0.506. The van der Waals surface area contributed by atoms with Gasteiger partial charge in [-0.1, -0.05) is 56.4 Å². The third-order valence-corrected chi connectivity index (χ3v) is 5.77. The Labute approximate surface area is 150 Å². The number of nitrogens with one attached hydrogen (secondary N) is 1. The van der Waals surface area contributed by atoms with Crippen LogP contribution in [0.4, 0.5) is 0 Å². The Morgan fingerprint density at radius 2 is 1.88 bits per heavy atom. The maximum absolute atomic E-state index is 11.1. The van der Waals surface area contributed by atoms with E-state index < -0.39 is 5.91 Å². The van der Waals surface area contributed by atoms with Crippen LogP contribution in [-0.2, 0) is 4.79 Å². The van der Waals surface area contributed by atoms with Crippen molar-refractivity contribution in [3.05, 3.63) is 41.5 Å². The van der Waals surface area contributed by atoms with Crippen LogP contribution in [0.15, 0.2) is 30.3 Å². The first-order chi connectivity index (χ1) is 12.3. The van der Waals surface area contributed by atoms with Gasteiger partial charge in [-0.3, -0.25) is 14.9 Å². The minimum Gasteiger partial charge on any atom is -0.296 e. The number of benzene rings is 1. The van der Waals surface area contributed by atoms with Gasteiger partial charge in [-0.15, -0.1) is 0 Å². The SMILES string of the molecule is O=C(/C=C/c1ccc([C@@H]2CCCN2CCC2CCCCC2)cc1)NO. The van der Waals surface area contributed by atoms with Crippen LogP contribution in [0.2, 0.25) is 0 Å². The van der Waals surface area contributed by atoms with Gasteiger partial charge in [0.25, 0.3) is 5.91 Å². The van der Waals surface area contributed by atoms with E-state index in [1.807, 2.05) is 12.1 Å². The summed E-state index contributed by atoms with van der Waals surface area (Å²) in [5.41, 5.74) is 3.96. The van der Waals surface area contributed by atoms with Gasteiger partial charge >= 0.3 is 0 Å². The first kappa shape index (κ1) is 18.2. The first-order valence-electron chi connectivity index (χ1n) is 9.72. The molecule has 0 unspecified atom stereocenters. The third-order valence-electron chi connectivity index (χ3n) is 5.77. The molecule has 3 rings (SSSR count). The first-order valence-corrected chi connectivity index (χ1v) is 9.72. The molecule has 1 aromatic carbocycles. The van der Waals surface area contributed by atoms with Crippen molar-refractivity contribution in [2.24, 2.45) is 5.92 Å². The third kappa shape index (κ3) is 5.16. The fourth-order valence-electron chi connectivity index (χ4n) is 4.33. The molecule has 4 heteroatoms. The van der Waals surface area contributed by atoms with E-state index in [-0.39, 0.29) is 0 Å². The summed E-state index contributed by atoms with van der Waals surface area (Å²) in [6.45, 7) is 2.45. The smallest absolute Gasteiger partial charge is 0.267 e. The second-order valence-corrected chi connectivity index (χ2v) is 7.46. The second kappa shape index (κ2) is 9.16. The van der Waals surface area contributed by atoms with E-state index >= 15 is 0 Å². The highest BCUT2D eigenvalue weighted by Crippen LogP contribution is 2.34. The molecule has 1 atom stereocenters. The van der Waals surface area contributed by atoms with Crippen molar-refractivity contribution in [1.82, 2.24) is 10.4 Å². The molecular formula is C21H30N2O2. The molecule has 1 aromatic rings. The number of hydrogen-bond donors (Lipinski definition) is 2. The van der Waals surface area contributed by atoms with E-state index in [1.54, 1.807) is 11.6 Å². The summed E-state index contributed by atoms with van der Waals surface area (Å²) < 4.78 is 0. The highest BCUT2D eigenvalue weighted by molar-refractivity contribution is 5.90. The number of likely N-dealkylation sites (tertiary alicyclic amines) is 1. The lowest BCUT2D eigenvalue weighted by atomic mass is 9.87. The minimum atomic E-state index is -0.506. The Hall–Kier alpha value is -1.65. The van der Waals surface area contributed by atoms with Crippen molar-refractivity contribution >= 4 is 12.0 Å².